The maximum Gasteiger partial charge on any atom is 0.416 e. The van der Waals surface area contributed by atoms with E-state index < -0.39 is 52.0 Å². The molecule has 0 aromatic heterocycles. The van der Waals surface area contributed by atoms with E-state index in [4.69, 9.17) is 0 Å². The van der Waals surface area contributed by atoms with Gasteiger partial charge in [-0.05, 0) is 29.7 Å². The summed E-state index contributed by atoms with van der Waals surface area (Å²) in [6.45, 7) is 1.48. The second-order valence-electron chi connectivity index (χ2n) is 4.71. The van der Waals surface area contributed by atoms with E-state index in [-0.39, 0.29) is 12.0 Å². The van der Waals surface area contributed by atoms with Crippen molar-refractivity contribution in [2.75, 3.05) is 0 Å². The van der Waals surface area contributed by atoms with Crippen LogP contribution in [0.1, 0.15) is 18.1 Å². The van der Waals surface area contributed by atoms with Gasteiger partial charge in [-0.1, -0.05) is 13.0 Å². The summed E-state index contributed by atoms with van der Waals surface area (Å²) < 4.78 is 105. The van der Waals surface area contributed by atoms with E-state index in [1.165, 1.54) is 6.92 Å². The first-order valence-corrected chi connectivity index (χ1v) is 6.30. The third-order valence-electron chi connectivity index (χ3n) is 3.23. The molecular formula is C15H8F8. The third-order valence-corrected chi connectivity index (χ3v) is 3.23. The van der Waals surface area contributed by atoms with Gasteiger partial charge in [-0.3, -0.25) is 0 Å². The van der Waals surface area contributed by atoms with Gasteiger partial charge in [0, 0.05) is 0 Å². The maximum absolute atomic E-state index is 13.8. The van der Waals surface area contributed by atoms with Crippen molar-refractivity contribution in [1.29, 1.82) is 0 Å². The molecule has 0 unspecified atom stereocenters. The molecule has 2 aromatic carbocycles. The van der Waals surface area contributed by atoms with Gasteiger partial charge in [-0.25, -0.2) is 22.0 Å². The number of aryl methyl sites for hydroxylation is 1. The van der Waals surface area contributed by atoms with E-state index in [9.17, 15) is 35.1 Å². The summed E-state index contributed by atoms with van der Waals surface area (Å²) in [6.07, 6.45) is -4.75. The van der Waals surface area contributed by atoms with Gasteiger partial charge in [0.2, 0.25) is 5.82 Å². The van der Waals surface area contributed by atoms with E-state index in [0.717, 1.165) is 12.1 Å². The number of alkyl halides is 3. The molecule has 0 saturated heterocycles. The van der Waals surface area contributed by atoms with Gasteiger partial charge in [-0.2, -0.15) is 13.2 Å². The maximum atomic E-state index is 13.8. The SMILES string of the molecule is CCc1cc(-c2c(F)c(F)c(F)c(F)c2F)cc(C(F)(F)F)c1. The zero-order valence-corrected chi connectivity index (χ0v) is 11.5. The minimum atomic E-state index is -4.83. The Labute approximate surface area is 125 Å². The normalized spacial score (nSPS) is 11.9. The van der Waals surface area contributed by atoms with Crippen molar-refractivity contribution < 1.29 is 35.1 Å². The van der Waals surface area contributed by atoms with E-state index in [1.807, 2.05) is 0 Å². The summed E-state index contributed by atoms with van der Waals surface area (Å²) in [4.78, 5) is 0. The Balaban J connectivity index is 2.82. The first-order valence-electron chi connectivity index (χ1n) is 6.30. The van der Waals surface area contributed by atoms with Crippen LogP contribution in [0.5, 0.6) is 0 Å². The lowest BCUT2D eigenvalue weighted by molar-refractivity contribution is -0.137. The van der Waals surface area contributed by atoms with E-state index in [1.54, 1.807) is 0 Å². The molecule has 0 spiro atoms. The molecule has 2 rings (SSSR count). The molecule has 124 valence electrons. The van der Waals surface area contributed by atoms with Gasteiger partial charge in [-0.15, -0.1) is 0 Å². The average molecular weight is 340 g/mol. The molecule has 0 bridgehead atoms. The number of hydrogen-bond acceptors (Lipinski definition) is 0. The van der Waals surface area contributed by atoms with Crippen LogP contribution >= 0.6 is 0 Å². The fourth-order valence-electron chi connectivity index (χ4n) is 2.06. The van der Waals surface area contributed by atoms with Crippen LogP contribution in [0, 0.1) is 29.1 Å². The Morgan fingerprint density at radius 1 is 0.739 bits per heavy atom. The first kappa shape index (κ1) is 17.2. The summed E-state index contributed by atoms with van der Waals surface area (Å²) in [5, 5.41) is 0. The fraction of sp³-hybridized carbons (Fsp3) is 0.200. The van der Waals surface area contributed by atoms with Gasteiger partial charge >= 0.3 is 6.18 Å². The lowest BCUT2D eigenvalue weighted by atomic mass is 9.97. The van der Waals surface area contributed by atoms with Crippen molar-refractivity contribution in [2.24, 2.45) is 0 Å². The van der Waals surface area contributed by atoms with Crippen LogP contribution in [0.3, 0.4) is 0 Å². The average Bonchev–Trinajstić information content (AvgIpc) is 2.50. The summed E-state index contributed by atoms with van der Waals surface area (Å²) in [5.74, 6) is -11.2. The van der Waals surface area contributed by atoms with Gasteiger partial charge in [0.15, 0.2) is 23.3 Å². The van der Waals surface area contributed by atoms with Crippen LogP contribution in [-0.4, -0.2) is 0 Å². The quantitative estimate of drug-likeness (QED) is 0.378. The van der Waals surface area contributed by atoms with Crippen LogP contribution in [-0.2, 0) is 12.6 Å². The van der Waals surface area contributed by atoms with Crippen molar-refractivity contribution in [3.05, 3.63) is 58.4 Å². The summed E-state index contributed by atoms with van der Waals surface area (Å²) in [5.41, 5.74) is -3.32. The number of hydrogen-bond donors (Lipinski definition) is 0. The summed E-state index contributed by atoms with van der Waals surface area (Å²) >= 11 is 0. The van der Waals surface area contributed by atoms with Gasteiger partial charge in [0.1, 0.15) is 0 Å². The van der Waals surface area contributed by atoms with Crippen molar-refractivity contribution in [3.8, 4) is 11.1 Å². The van der Waals surface area contributed by atoms with Gasteiger partial charge < -0.3 is 0 Å². The van der Waals surface area contributed by atoms with Crippen LogP contribution in [0.25, 0.3) is 11.1 Å². The van der Waals surface area contributed by atoms with Crippen molar-refractivity contribution in [3.63, 3.8) is 0 Å². The van der Waals surface area contributed by atoms with Crippen LogP contribution in [0.2, 0.25) is 0 Å². The number of halogens is 8. The van der Waals surface area contributed by atoms with Crippen molar-refractivity contribution in [2.45, 2.75) is 19.5 Å². The molecule has 0 radical (unpaired) electrons. The Kier molecular flexibility index (Phi) is 4.37. The highest BCUT2D eigenvalue weighted by Gasteiger charge is 2.33. The lowest BCUT2D eigenvalue weighted by Gasteiger charge is -2.13. The zero-order valence-electron chi connectivity index (χ0n) is 11.5. The largest absolute Gasteiger partial charge is 0.416 e. The fourth-order valence-corrected chi connectivity index (χ4v) is 2.06. The van der Waals surface area contributed by atoms with Crippen molar-refractivity contribution >= 4 is 0 Å². The van der Waals surface area contributed by atoms with E-state index in [2.05, 4.69) is 0 Å². The molecule has 0 aliphatic heterocycles. The molecule has 0 heterocycles. The lowest BCUT2D eigenvalue weighted by Crippen LogP contribution is -2.08. The Morgan fingerprint density at radius 3 is 1.65 bits per heavy atom. The second kappa shape index (κ2) is 5.82. The summed E-state index contributed by atoms with van der Waals surface area (Å²) in [7, 11) is 0. The minimum absolute atomic E-state index is 0.0405. The molecule has 0 atom stereocenters. The van der Waals surface area contributed by atoms with Crippen LogP contribution in [0.15, 0.2) is 18.2 Å². The third kappa shape index (κ3) is 3.02. The van der Waals surface area contributed by atoms with Crippen molar-refractivity contribution in [1.82, 2.24) is 0 Å². The molecule has 23 heavy (non-hydrogen) atoms. The highest BCUT2D eigenvalue weighted by atomic mass is 19.4. The molecule has 0 aliphatic carbocycles. The van der Waals surface area contributed by atoms with E-state index >= 15 is 0 Å². The summed E-state index contributed by atoms with van der Waals surface area (Å²) in [6, 6.07) is 2.04. The molecule has 0 amide bonds. The van der Waals surface area contributed by atoms with E-state index in [0.29, 0.717) is 6.07 Å². The zero-order chi connectivity index (χ0) is 17.5. The Morgan fingerprint density at radius 2 is 1.22 bits per heavy atom. The standard InChI is InChI=1S/C15H8F8/c1-2-6-3-7(5-8(4-6)15(21,22)23)9-10(16)12(18)14(20)13(19)11(9)17/h3-5H,2H2,1H3. The van der Waals surface area contributed by atoms with Crippen LogP contribution in [0.4, 0.5) is 35.1 Å². The molecule has 0 nitrogen and oxygen atoms in total. The Hall–Kier alpha value is -2.12. The van der Waals surface area contributed by atoms with Crippen LogP contribution < -0.4 is 0 Å². The highest BCUT2D eigenvalue weighted by Crippen LogP contribution is 2.37. The number of rotatable bonds is 2. The minimum Gasteiger partial charge on any atom is -0.203 e. The van der Waals surface area contributed by atoms with Gasteiger partial charge in [0.25, 0.3) is 0 Å². The molecule has 0 saturated carbocycles. The molecular weight excluding hydrogens is 332 g/mol. The first-order chi connectivity index (χ1) is 10.6. The monoisotopic (exact) mass is 340 g/mol. The Bertz CT molecular complexity index is 732. The molecule has 8 heteroatoms. The van der Waals surface area contributed by atoms with Gasteiger partial charge in [0.05, 0.1) is 11.1 Å². The molecule has 0 fully saturated rings. The second-order valence-corrected chi connectivity index (χ2v) is 4.71. The molecule has 0 aliphatic rings. The smallest absolute Gasteiger partial charge is 0.203 e. The predicted octanol–water partition coefficient (Wildman–Crippen LogP) is 5.63. The topological polar surface area (TPSA) is 0 Å². The molecule has 2 aromatic rings. The number of benzene rings is 2. The highest BCUT2D eigenvalue weighted by molar-refractivity contribution is 5.67. The molecule has 0 N–H and O–H groups in total. The predicted molar refractivity (Wildman–Crippen MR) is 66.0 cm³/mol.